The van der Waals surface area contributed by atoms with Gasteiger partial charge in [-0.3, -0.25) is 9.97 Å². The lowest BCUT2D eigenvalue weighted by Crippen LogP contribution is -1.79. The molecule has 4 aromatic rings. The SMILES string of the molecule is Cc1nc(-c2cccnc2)sc1-c1nnc(-c2cccnc2)o1. The lowest BCUT2D eigenvalue weighted by Gasteiger charge is -1.92. The van der Waals surface area contributed by atoms with Crippen LogP contribution in [0.15, 0.2) is 53.5 Å². The molecule has 0 fully saturated rings. The Morgan fingerprint density at radius 1 is 0.913 bits per heavy atom. The van der Waals surface area contributed by atoms with Crippen molar-refractivity contribution in [3.63, 3.8) is 0 Å². The van der Waals surface area contributed by atoms with Gasteiger partial charge in [-0.05, 0) is 31.2 Å². The van der Waals surface area contributed by atoms with Crippen LogP contribution in [-0.2, 0) is 0 Å². The van der Waals surface area contributed by atoms with E-state index in [9.17, 15) is 0 Å². The lowest BCUT2D eigenvalue weighted by atomic mass is 10.3. The van der Waals surface area contributed by atoms with E-state index in [4.69, 9.17) is 4.42 Å². The molecular weight excluding hydrogens is 310 g/mol. The second kappa shape index (κ2) is 5.69. The van der Waals surface area contributed by atoms with Gasteiger partial charge in [-0.2, -0.15) is 0 Å². The molecule has 0 aliphatic rings. The molecule has 0 spiro atoms. The summed E-state index contributed by atoms with van der Waals surface area (Å²) in [7, 11) is 0. The smallest absolute Gasteiger partial charge is 0.260 e. The summed E-state index contributed by atoms with van der Waals surface area (Å²) in [5.41, 5.74) is 2.62. The summed E-state index contributed by atoms with van der Waals surface area (Å²) in [5, 5.41) is 9.12. The van der Waals surface area contributed by atoms with Crippen LogP contribution < -0.4 is 0 Å². The fraction of sp³-hybridized carbons (Fsp3) is 0.0625. The quantitative estimate of drug-likeness (QED) is 0.573. The number of hydrogen-bond donors (Lipinski definition) is 0. The molecule has 0 bridgehead atoms. The summed E-state index contributed by atoms with van der Waals surface area (Å²) < 4.78 is 5.78. The average Bonchev–Trinajstić information content (AvgIpc) is 3.23. The van der Waals surface area contributed by atoms with Crippen LogP contribution in [0.3, 0.4) is 0 Å². The number of rotatable bonds is 3. The molecule has 0 aliphatic carbocycles. The first-order chi connectivity index (χ1) is 11.3. The van der Waals surface area contributed by atoms with Gasteiger partial charge in [-0.15, -0.1) is 21.5 Å². The Morgan fingerprint density at radius 2 is 1.61 bits per heavy atom. The van der Waals surface area contributed by atoms with E-state index in [1.807, 2.05) is 31.2 Å². The Balaban J connectivity index is 1.72. The zero-order valence-corrected chi connectivity index (χ0v) is 13.0. The van der Waals surface area contributed by atoms with Crippen molar-refractivity contribution < 1.29 is 4.42 Å². The molecule has 0 amide bonds. The summed E-state index contributed by atoms with van der Waals surface area (Å²) >= 11 is 1.51. The molecule has 0 N–H and O–H groups in total. The van der Waals surface area contributed by atoms with Gasteiger partial charge in [-0.1, -0.05) is 0 Å². The molecule has 0 radical (unpaired) electrons. The Morgan fingerprint density at radius 3 is 2.30 bits per heavy atom. The maximum atomic E-state index is 5.78. The Bertz CT molecular complexity index is 934. The largest absolute Gasteiger partial charge is 0.415 e. The van der Waals surface area contributed by atoms with Crippen LogP contribution in [0.25, 0.3) is 32.8 Å². The third-order valence-corrected chi connectivity index (χ3v) is 4.43. The molecular formula is C16H11N5OS. The molecule has 0 unspecified atom stereocenters. The lowest BCUT2D eigenvalue weighted by molar-refractivity contribution is 0.585. The van der Waals surface area contributed by atoms with Crippen LogP contribution in [0.4, 0.5) is 0 Å². The number of nitrogens with zero attached hydrogens (tertiary/aromatic N) is 5. The van der Waals surface area contributed by atoms with E-state index in [2.05, 4.69) is 25.1 Å². The highest BCUT2D eigenvalue weighted by Crippen LogP contribution is 2.35. The third-order valence-electron chi connectivity index (χ3n) is 3.23. The first kappa shape index (κ1) is 13.7. The monoisotopic (exact) mass is 321 g/mol. The predicted octanol–water partition coefficient (Wildman–Crippen LogP) is 3.63. The van der Waals surface area contributed by atoms with Crippen molar-refractivity contribution in [1.82, 2.24) is 25.1 Å². The number of pyridine rings is 2. The third kappa shape index (κ3) is 2.62. The summed E-state index contributed by atoms with van der Waals surface area (Å²) in [6, 6.07) is 7.57. The van der Waals surface area contributed by atoms with Crippen molar-refractivity contribution in [3.05, 3.63) is 54.7 Å². The van der Waals surface area contributed by atoms with Crippen molar-refractivity contribution >= 4 is 11.3 Å². The van der Waals surface area contributed by atoms with Crippen LogP contribution in [-0.4, -0.2) is 25.1 Å². The minimum Gasteiger partial charge on any atom is -0.415 e. The van der Waals surface area contributed by atoms with E-state index in [1.54, 1.807) is 24.8 Å². The Kier molecular flexibility index (Phi) is 3.39. The summed E-state index contributed by atoms with van der Waals surface area (Å²) in [6.45, 7) is 1.93. The molecule has 4 heterocycles. The number of thiazole rings is 1. The van der Waals surface area contributed by atoms with Gasteiger partial charge in [0.15, 0.2) is 0 Å². The van der Waals surface area contributed by atoms with Crippen molar-refractivity contribution in [3.8, 4) is 32.8 Å². The van der Waals surface area contributed by atoms with Crippen LogP contribution >= 0.6 is 11.3 Å². The summed E-state index contributed by atoms with van der Waals surface area (Å²) in [4.78, 5) is 13.6. The molecule has 0 aromatic carbocycles. The molecule has 0 aliphatic heterocycles. The van der Waals surface area contributed by atoms with E-state index in [0.717, 1.165) is 26.7 Å². The van der Waals surface area contributed by atoms with Crippen molar-refractivity contribution in [2.75, 3.05) is 0 Å². The van der Waals surface area contributed by atoms with E-state index < -0.39 is 0 Å². The minimum atomic E-state index is 0.448. The summed E-state index contributed by atoms with van der Waals surface area (Å²) in [5.74, 6) is 0.915. The molecule has 23 heavy (non-hydrogen) atoms. The van der Waals surface area contributed by atoms with E-state index in [-0.39, 0.29) is 0 Å². The standard InChI is InChI=1S/C16H11N5OS/c1-10-13(23-16(19-10)12-5-3-7-18-9-12)15-21-20-14(22-15)11-4-2-6-17-8-11/h2-9H,1H3. The molecule has 112 valence electrons. The van der Waals surface area contributed by atoms with Gasteiger partial charge in [0, 0.05) is 30.4 Å². The van der Waals surface area contributed by atoms with Gasteiger partial charge in [-0.25, -0.2) is 4.98 Å². The molecule has 7 heteroatoms. The van der Waals surface area contributed by atoms with Gasteiger partial charge >= 0.3 is 0 Å². The van der Waals surface area contributed by atoms with Crippen molar-refractivity contribution in [1.29, 1.82) is 0 Å². The van der Waals surface area contributed by atoms with Crippen LogP contribution in [0.2, 0.25) is 0 Å². The minimum absolute atomic E-state index is 0.448. The second-order valence-electron chi connectivity index (χ2n) is 4.83. The fourth-order valence-electron chi connectivity index (χ4n) is 2.13. The normalized spacial score (nSPS) is 10.8. The van der Waals surface area contributed by atoms with Gasteiger partial charge in [0.1, 0.15) is 9.88 Å². The van der Waals surface area contributed by atoms with Gasteiger partial charge in [0.2, 0.25) is 5.89 Å². The van der Waals surface area contributed by atoms with E-state index >= 15 is 0 Å². The van der Waals surface area contributed by atoms with Crippen LogP contribution in [0.5, 0.6) is 0 Å². The molecule has 0 saturated carbocycles. The molecule has 0 atom stereocenters. The number of aryl methyl sites for hydroxylation is 1. The topological polar surface area (TPSA) is 77.6 Å². The first-order valence-corrected chi connectivity index (χ1v) is 7.75. The second-order valence-corrected chi connectivity index (χ2v) is 5.83. The molecule has 0 saturated heterocycles. The fourth-order valence-corrected chi connectivity index (χ4v) is 3.11. The number of hydrogen-bond acceptors (Lipinski definition) is 7. The maximum Gasteiger partial charge on any atom is 0.260 e. The zero-order chi connectivity index (χ0) is 15.6. The van der Waals surface area contributed by atoms with E-state index in [0.29, 0.717) is 11.8 Å². The van der Waals surface area contributed by atoms with Crippen molar-refractivity contribution in [2.45, 2.75) is 6.92 Å². The summed E-state index contributed by atoms with van der Waals surface area (Å²) in [6.07, 6.45) is 6.92. The average molecular weight is 321 g/mol. The van der Waals surface area contributed by atoms with Crippen LogP contribution in [0.1, 0.15) is 5.69 Å². The van der Waals surface area contributed by atoms with E-state index in [1.165, 1.54) is 11.3 Å². The predicted molar refractivity (Wildman–Crippen MR) is 86.6 cm³/mol. The highest BCUT2D eigenvalue weighted by atomic mass is 32.1. The van der Waals surface area contributed by atoms with Crippen LogP contribution in [0, 0.1) is 6.92 Å². The Labute approximate surface area is 135 Å². The zero-order valence-electron chi connectivity index (χ0n) is 12.2. The first-order valence-electron chi connectivity index (χ1n) is 6.93. The van der Waals surface area contributed by atoms with Gasteiger partial charge in [0.05, 0.1) is 11.3 Å². The Hall–Kier alpha value is -2.93. The highest BCUT2D eigenvalue weighted by Gasteiger charge is 2.17. The van der Waals surface area contributed by atoms with Crippen molar-refractivity contribution in [2.24, 2.45) is 0 Å². The highest BCUT2D eigenvalue weighted by molar-refractivity contribution is 7.18. The molecule has 4 rings (SSSR count). The molecule has 4 aromatic heterocycles. The maximum absolute atomic E-state index is 5.78. The van der Waals surface area contributed by atoms with Gasteiger partial charge in [0.25, 0.3) is 5.89 Å². The molecule has 6 nitrogen and oxygen atoms in total. The number of aromatic nitrogens is 5. The van der Waals surface area contributed by atoms with Gasteiger partial charge < -0.3 is 4.42 Å².